The number of benzene rings is 1. The Morgan fingerprint density at radius 1 is 1.53 bits per heavy atom. The van der Waals surface area contributed by atoms with Crippen molar-refractivity contribution < 1.29 is 13.9 Å². The molecule has 1 amide bonds. The summed E-state index contributed by atoms with van der Waals surface area (Å²) in [6.45, 7) is 3.55. The third-order valence-electron chi connectivity index (χ3n) is 3.49. The van der Waals surface area contributed by atoms with Gasteiger partial charge in [0.2, 0.25) is 0 Å². The highest BCUT2D eigenvalue weighted by atomic mass is 79.9. The lowest BCUT2D eigenvalue weighted by molar-refractivity contribution is 0.0690. The second kappa shape index (κ2) is 5.90. The molecule has 2 unspecified atom stereocenters. The Morgan fingerprint density at radius 3 is 2.89 bits per heavy atom. The third kappa shape index (κ3) is 3.08. The SMILES string of the molecule is COc1cc(C(=O)N2CCC(Br)C(C)C2)ccc1F. The van der Waals surface area contributed by atoms with Crippen molar-refractivity contribution in [1.82, 2.24) is 4.90 Å². The van der Waals surface area contributed by atoms with E-state index in [1.54, 1.807) is 0 Å². The average Bonchev–Trinajstić information content (AvgIpc) is 2.41. The Labute approximate surface area is 120 Å². The number of alkyl halides is 1. The average molecular weight is 330 g/mol. The Morgan fingerprint density at radius 2 is 2.26 bits per heavy atom. The van der Waals surface area contributed by atoms with Crippen molar-refractivity contribution in [3.8, 4) is 5.75 Å². The molecule has 3 nitrogen and oxygen atoms in total. The van der Waals surface area contributed by atoms with Crippen molar-refractivity contribution in [3.05, 3.63) is 29.6 Å². The summed E-state index contributed by atoms with van der Waals surface area (Å²) in [5, 5.41) is 0. The van der Waals surface area contributed by atoms with Crippen LogP contribution in [0.4, 0.5) is 4.39 Å². The predicted molar refractivity (Wildman–Crippen MR) is 75.4 cm³/mol. The first-order valence-electron chi connectivity index (χ1n) is 6.29. The second-order valence-electron chi connectivity index (χ2n) is 4.88. The van der Waals surface area contributed by atoms with E-state index in [2.05, 4.69) is 22.9 Å². The Bertz CT molecular complexity index is 481. The van der Waals surface area contributed by atoms with Crippen LogP contribution in [0.25, 0.3) is 0 Å². The number of hydrogen-bond acceptors (Lipinski definition) is 2. The molecule has 2 rings (SSSR count). The summed E-state index contributed by atoms with van der Waals surface area (Å²) in [6.07, 6.45) is 0.936. The minimum absolute atomic E-state index is 0.0652. The highest BCUT2D eigenvalue weighted by molar-refractivity contribution is 9.09. The molecule has 1 heterocycles. The van der Waals surface area contributed by atoms with Crippen LogP contribution >= 0.6 is 15.9 Å². The van der Waals surface area contributed by atoms with E-state index in [9.17, 15) is 9.18 Å². The topological polar surface area (TPSA) is 29.5 Å². The fourth-order valence-electron chi connectivity index (χ4n) is 2.28. The number of carbonyl (C=O) groups is 1. The first kappa shape index (κ1) is 14.3. The van der Waals surface area contributed by atoms with Crippen LogP contribution in [0, 0.1) is 11.7 Å². The van der Waals surface area contributed by atoms with E-state index >= 15 is 0 Å². The lowest BCUT2D eigenvalue weighted by Gasteiger charge is -2.34. The van der Waals surface area contributed by atoms with Crippen molar-refractivity contribution in [2.24, 2.45) is 5.92 Å². The largest absolute Gasteiger partial charge is 0.494 e. The normalized spacial score (nSPS) is 23.3. The van der Waals surface area contributed by atoms with E-state index in [4.69, 9.17) is 4.74 Å². The molecule has 1 aromatic carbocycles. The Kier molecular flexibility index (Phi) is 4.45. The predicted octanol–water partition coefficient (Wildman–Crippen LogP) is 3.08. The van der Waals surface area contributed by atoms with E-state index in [1.165, 1.54) is 25.3 Å². The van der Waals surface area contributed by atoms with E-state index < -0.39 is 5.82 Å². The van der Waals surface area contributed by atoms with Crippen molar-refractivity contribution >= 4 is 21.8 Å². The van der Waals surface area contributed by atoms with Crippen LogP contribution in [0.2, 0.25) is 0 Å². The molecule has 1 fully saturated rings. The first-order valence-corrected chi connectivity index (χ1v) is 7.21. The van der Waals surface area contributed by atoms with E-state index in [1.807, 2.05) is 4.90 Å². The number of amides is 1. The van der Waals surface area contributed by atoms with Gasteiger partial charge in [0.25, 0.3) is 5.91 Å². The summed E-state index contributed by atoms with van der Waals surface area (Å²) in [5.41, 5.74) is 0.471. The zero-order valence-corrected chi connectivity index (χ0v) is 12.6. The molecular formula is C14H17BrFNO2. The van der Waals surface area contributed by atoms with Gasteiger partial charge in [0.05, 0.1) is 7.11 Å². The molecule has 1 saturated heterocycles. The molecule has 1 aliphatic heterocycles. The van der Waals surface area contributed by atoms with Gasteiger partial charge >= 0.3 is 0 Å². The molecule has 0 aliphatic carbocycles. The van der Waals surface area contributed by atoms with Gasteiger partial charge in [0.15, 0.2) is 11.6 Å². The number of halogens is 2. The van der Waals surface area contributed by atoms with Crippen LogP contribution in [0.5, 0.6) is 5.75 Å². The van der Waals surface area contributed by atoms with Crippen LogP contribution < -0.4 is 4.74 Å². The molecule has 0 radical (unpaired) electrons. The van der Waals surface area contributed by atoms with Crippen LogP contribution in [0.1, 0.15) is 23.7 Å². The lowest BCUT2D eigenvalue weighted by Crippen LogP contribution is -2.43. The quantitative estimate of drug-likeness (QED) is 0.780. The summed E-state index contributed by atoms with van der Waals surface area (Å²) in [5.74, 6) is 0.00505. The lowest BCUT2D eigenvalue weighted by atomic mass is 9.99. The zero-order valence-electron chi connectivity index (χ0n) is 11.0. The van der Waals surface area contributed by atoms with Crippen molar-refractivity contribution in [2.45, 2.75) is 18.2 Å². The maximum atomic E-state index is 13.3. The third-order valence-corrected chi connectivity index (χ3v) is 4.85. The molecule has 19 heavy (non-hydrogen) atoms. The van der Waals surface area contributed by atoms with Gasteiger partial charge in [-0.05, 0) is 30.5 Å². The highest BCUT2D eigenvalue weighted by Crippen LogP contribution is 2.25. The maximum Gasteiger partial charge on any atom is 0.254 e. The number of nitrogens with zero attached hydrogens (tertiary/aromatic N) is 1. The minimum Gasteiger partial charge on any atom is -0.494 e. The summed E-state index contributed by atoms with van der Waals surface area (Å²) in [4.78, 5) is 14.6. The molecule has 0 saturated carbocycles. The molecule has 104 valence electrons. The van der Waals surface area contributed by atoms with Gasteiger partial charge in [0, 0.05) is 23.5 Å². The molecule has 5 heteroatoms. The Hall–Kier alpha value is -1.10. The summed E-state index contributed by atoms with van der Waals surface area (Å²) in [6, 6.07) is 4.24. The van der Waals surface area contributed by atoms with Gasteiger partial charge in [-0.15, -0.1) is 0 Å². The molecule has 0 aromatic heterocycles. The van der Waals surface area contributed by atoms with Gasteiger partial charge < -0.3 is 9.64 Å². The highest BCUT2D eigenvalue weighted by Gasteiger charge is 2.27. The van der Waals surface area contributed by atoms with Gasteiger partial charge in [-0.2, -0.15) is 0 Å². The van der Waals surface area contributed by atoms with Crippen molar-refractivity contribution in [2.75, 3.05) is 20.2 Å². The number of carbonyl (C=O) groups excluding carboxylic acids is 1. The molecule has 1 aliphatic rings. The van der Waals surface area contributed by atoms with E-state index in [0.717, 1.165) is 13.0 Å². The minimum atomic E-state index is -0.452. The van der Waals surface area contributed by atoms with Crippen LogP contribution in [0.15, 0.2) is 18.2 Å². The summed E-state index contributed by atoms with van der Waals surface area (Å²) < 4.78 is 18.2. The molecular weight excluding hydrogens is 313 g/mol. The van der Waals surface area contributed by atoms with Crippen LogP contribution in [-0.2, 0) is 0 Å². The summed E-state index contributed by atoms with van der Waals surface area (Å²) >= 11 is 3.61. The van der Waals surface area contributed by atoms with Gasteiger partial charge in [-0.3, -0.25) is 4.79 Å². The fourth-order valence-corrected chi connectivity index (χ4v) is 2.65. The molecule has 0 bridgehead atoms. The van der Waals surface area contributed by atoms with E-state index in [-0.39, 0.29) is 11.7 Å². The van der Waals surface area contributed by atoms with Crippen LogP contribution in [0.3, 0.4) is 0 Å². The molecule has 1 aromatic rings. The van der Waals surface area contributed by atoms with Crippen molar-refractivity contribution in [3.63, 3.8) is 0 Å². The van der Waals surface area contributed by atoms with Gasteiger partial charge in [-0.1, -0.05) is 22.9 Å². The van der Waals surface area contributed by atoms with Gasteiger partial charge in [-0.25, -0.2) is 4.39 Å². The zero-order chi connectivity index (χ0) is 14.0. The number of piperidine rings is 1. The number of ether oxygens (including phenoxy) is 1. The second-order valence-corrected chi connectivity index (χ2v) is 6.06. The maximum absolute atomic E-state index is 13.3. The molecule has 0 N–H and O–H groups in total. The molecule has 0 spiro atoms. The van der Waals surface area contributed by atoms with Crippen molar-refractivity contribution in [1.29, 1.82) is 0 Å². The smallest absolute Gasteiger partial charge is 0.254 e. The first-order chi connectivity index (χ1) is 9.02. The fraction of sp³-hybridized carbons (Fsp3) is 0.500. The monoisotopic (exact) mass is 329 g/mol. The number of methoxy groups -OCH3 is 1. The number of rotatable bonds is 2. The number of hydrogen-bond donors (Lipinski definition) is 0. The molecule has 2 atom stereocenters. The summed E-state index contributed by atoms with van der Waals surface area (Å²) in [7, 11) is 1.39. The standard InChI is InChI=1S/C14H17BrFNO2/c1-9-8-17(6-5-11(9)15)14(18)10-3-4-12(16)13(7-10)19-2/h3-4,7,9,11H,5-6,8H2,1-2H3. The number of likely N-dealkylation sites (tertiary alicyclic amines) is 1. The van der Waals surface area contributed by atoms with E-state index in [0.29, 0.717) is 22.9 Å². The Balaban J connectivity index is 2.15. The van der Waals surface area contributed by atoms with Gasteiger partial charge in [0.1, 0.15) is 0 Å². The van der Waals surface area contributed by atoms with Crippen LogP contribution in [-0.4, -0.2) is 35.8 Å².